The largest absolute Gasteiger partial charge is 0.336 e. The first-order chi connectivity index (χ1) is 11.2. The molecule has 8 heteroatoms. The Hall–Kier alpha value is -2.93. The summed E-state index contributed by atoms with van der Waals surface area (Å²) < 4.78 is 0. The van der Waals surface area contributed by atoms with Crippen molar-refractivity contribution in [1.29, 1.82) is 0 Å². The van der Waals surface area contributed by atoms with E-state index in [0.717, 1.165) is 5.56 Å². The maximum absolute atomic E-state index is 12.6. The molecule has 116 valence electrons. The van der Waals surface area contributed by atoms with Crippen molar-refractivity contribution >= 4 is 29.1 Å². The molecular formula is C15H13ClN6O. The molecule has 1 heterocycles. The van der Waals surface area contributed by atoms with Crippen LogP contribution in [0.3, 0.4) is 0 Å². The van der Waals surface area contributed by atoms with Crippen molar-refractivity contribution in [2.45, 2.75) is 6.04 Å². The molecule has 0 fully saturated rings. The predicted octanol–water partition coefficient (Wildman–Crippen LogP) is 2.65. The predicted molar refractivity (Wildman–Crippen MR) is 87.1 cm³/mol. The van der Waals surface area contributed by atoms with E-state index in [0.29, 0.717) is 10.7 Å². The lowest BCUT2D eigenvalue weighted by atomic mass is 10.1. The number of halogens is 1. The summed E-state index contributed by atoms with van der Waals surface area (Å²) in [6.45, 7) is 0. The third-order valence-corrected chi connectivity index (χ3v) is 3.38. The van der Waals surface area contributed by atoms with Crippen molar-refractivity contribution in [1.82, 2.24) is 20.6 Å². The summed E-state index contributed by atoms with van der Waals surface area (Å²) in [5, 5.41) is 19.9. The third kappa shape index (κ3) is 3.83. The minimum absolute atomic E-state index is 0.241. The second-order valence-electron chi connectivity index (χ2n) is 4.72. The summed E-state index contributed by atoms with van der Waals surface area (Å²) in [6.07, 6.45) is 0. The standard InChI is InChI=1S/C15H13ClN6O/c16-11-6-8-12(9-7-11)17-14(23)13(10-4-2-1-3-5-10)18-15-19-21-22-20-15/h1-9,13H,(H,17,23)(H2,18,19,20,21,22)/t13-/m1/s1. The lowest BCUT2D eigenvalue weighted by Crippen LogP contribution is -2.27. The molecule has 0 saturated heterocycles. The second kappa shape index (κ2) is 6.89. The average Bonchev–Trinajstić information content (AvgIpc) is 3.09. The molecule has 23 heavy (non-hydrogen) atoms. The summed E-state index contributed by atoms with van der Waals surface area (Å²) >= 11 is 5.85. The van der Waals surface area contributed by atoms with E-state index < -0.39 is 6.04 Å². The molecule has 1 aromatic heterocycles. The highest BCUT2D eigenvalue weighted by Gasteiger charge is 2.22. The number of nitrogens with zero attached hydrogens (tertiary/aromatic N) is 3. The summed E-state index contributed by atoms with van der Waals surface area (Å²) in [5.74, 6) is -0.00608. The Labute approximate surface area is 137 Å². The van der Waals surface area contributed by atoms with Crippen LogP contribution in [0.1, 0.15) is 11.6 Å². The topological polar surface area (TPSA) is 95.6 Å². The second-order valence-corrected chi connectivity index (χ2v) is 5.16. The van der Waals surface area contributed by atoms with Crippen LogP contribution >= 0.6 is 11.6 Å². The van der Waals surface area contributed by atoms with Crippen LogP contribution in [-0.4, -0.2) is 26.5 Å². The monoisotopic (exact) mass is 328 g/mol. The first-order valence-corrected chi connectivity index (χ1v) is 7.21. The van der Waals surface area contributed by atoms with Gasteiger partial charge in [0.2, 0.25) is 0 Å². The summed E-state index contributed by atoms with van der Waals surface area (Å²) in [7, 11) is 0. The molecular weight excluding hydrogens is 316 g/mol. The van der Waals surface area contributed by atoms with Crippen LogP contribution in [0.2, 0.25) is 5.02 Å². The van der Waals surface area contributed by atoms with E-state index in [2.05, 4.69) is 31.3 Å². The van der Waals surface area contributed by atoms with Gasteiger partial charge in [0.25, 0.3) is 11.9 Å². The highest BCUT2D eigenvalue weighted by molar-refractivity contribution is 6.30. The fraction of sp³-hybridized carbons (Fsp3) is 0.0667. The van der Waals surface area contributed by atoms with Gasteiger partial charge >= 0.3 is 0 Å². The van der Waals surface area contributed by atoms with Crippen molar-refractivity contribution in [2.24, 2.45) is 0 Å². The SMILES string of the molecule is O=C(Nc1ccc(Cl)cc1)[C@H](Nc1nn[nH]n1)c1ccccc1. The van der Waals surface area contributed by atoms with Gasteiger partial charge in [-0.3, -0.25) is 4.79 Å². The van der Waals surface area contributed by atoms with Crippen LogP contribution in [0.5, 0.6) is 0 Å². The molecule has 1 amide bonds. The number of hydrogen-bond donors (Lipinski definition) is 3. The van der Waals surface area contributed by atoms with E-state index in [1.165, 1.54) is 0 Å². The van der Waals surface area contributed by atoms with Crippen LogP contribution in [0.15, 0.2) is 54.6 Å². The number of anilines is 2. The summed E-state index contributed by atoms with van der Waals surface area (Å²) in [5.41, 5.74) is 1.43. The van der Waals surface area contributed by atoms with Crippen molar-refractivity contribution in [2.75, 3.05) is 10.6 Å². The number of tetrazole rings is 1. The number of nitrogens with one attached hydrogen (secondary N) is 3. The maximum atomic E-state index is 12.6. The van der Waals surface area contributed by atoms with Crippen LogP contribution in [0.4, 0.5) is 11.6 Å². The van der Waals surface area contributed by atoms with Gasteiger partial charge in [-0.2, -0.15) is 5.21 Å². The summed E-state index contributed by atoms with van der Waals surface area (Å²) in [6, 6.07) is 15.5. The van der Waals surface area contributed by atoms with Gasteiger partial charge in [-0.15, -0.1) is 5.10 Å². The Balaban J connectivity index is 1.82. The van der Waals surface area contributed by atoms with E-state index in [9.17, 15) is 4.79 Å². The Morgan fingerprint density at radius 1 is 1.09 bits per heavy atom. The van der Waals surface area contributed by atoms with E-state index >= 15 is 0 Å². The Bertz CT molecular complexity index is 760. The fourth-order valence-corrected chi connectivity index (χ4v) is 2.17. The lowest BCUT2D eigenvalue weighted by Gasteiger charge is -2.17. The first-order valence-electron chi connectivity index (χ1n) is 6.84. The van der Waals surface area contributed by atoms with Gasteiger partial charge in [0.05, 0.1) is 0 Å². The Morgan fingerprint density at radius 2 is 1.83 bits per heavy atom. The Morgan fingerprint density at radius 3 is 2.48 bits per heavy atom. The molecule has 2 aromatic carbocycles. The van der Waals surface area contributed by atoms with Gasteiger partial charge in [-0.05, 0) is 35.0 Å². The third-order valence-electron chi connectivity index (χ3n) is 3.13. The normalized spacial score (nSPS) is 11.7. The van der Waals surface area contributed by atoms with Gasteiger partial charge in [0.1, 0.15) is 6.04 Å². The van der Waals surface area contributed by atoms with Gasteiger partial charge in [0.15, 0.2) is 0 Å². The number of amides is 1. The molecule has 3 aromatic rings. The van der Waals surface area contributed by atoms with Crippen LogP contribution in [0.25, 0.3) is 0 Å². The molecule has 3 rings (SSSR count). The molecule has 0 radical (unpaired) electrons. The quantitative estimate of drug-likeness (QED) is 0.669. The number of H-pyrrole nitrogens is 1. The van der Waals surface area contributed by atoms with Gasteiger partial charge in [0, 0.05) is 10.7 Å². The number of aromatic nitrogens is 4. The van der Waals surface area contributed by atoms with Gasteiger partial charge in [-0.25, -0.2) is 0 Å². The maximum Gasteiger partial charge on any atom is 0.264 e. The number of benzene rings is 2. The number of carbonyl (C=O) groups excluding carboxylic acids is 1. The van der Waals surface area contributed by atoms with E-state index in [1.807, 2.05) is 30.3 Å². The lowest BCUT2D eigenvalue weighted by molar-refractivity contribution is -0.117. The van der Waals surface area contributed by atoms with E-state index in [1.54, 1.807) is 24.3 Å². The molecule has 0 unspecified atom stereocenters. The highest BCUT2D eigenvalue weighted by atomic mass is 35.5. The zero-order valence-corrected chi connectivity index (χ0v) is 12.7. The van der Waals surface area contributed by atoms with Gasteiger partial charge < -0.3 is 10.6 Å². The Kier molecular flexibility index (Phi) is 4.49. The van der Waals surface area contributed by atoms with Gasteiger partial charge in [-0.1, -0.05) is 47.0 Å². The molecule has 0 saturated carbocycles. The van der Waals surface area contributed by atoms with Crippen molar-refractivity contribution < 1.29 is 4.79 Å². The zero-order chi connectivity index (χ0) is 16.1. The zero-order valence-electron chi connectivity index (χ0n) is 11.9. The van der Waals surface area contributed by atoms with Crippen LogP contribution in [-0.2, 0) is 4.79 Å². The average molecular weight is 329 g/mol. The number of aromatic amines is 1. The van der Waals surface area contributed by atoms with Crippen molar-refractivity contribution in [3.05, 3.63) is 65.2 Å². The fourth-order valence-electron chi connectivity index (χ4n) is 2.05. The van der Waals surface area contributed by atoms with Crippen LogP contribution < -0.4 is 10.6 Å². The number of rotatable bonds is 5. The summed E-state index contributed by atoms with van der Waals surface area (Å²) in [4.78, 5) is 12.6. The van der Waals surface area contributed by atoms with Crippen molar-refractivity contribution in [3.8, 4) is 0 Å². The van der Waals surface area contributed by atoms with Crippen LogP contribution in [0, 0.1) is 0 Å². The van der Waals surface area contributed by atoms with Crippen molar-refractivity contribution in [3.63, 3.8) is 0 Å². The number of hydrogen-bond acceptors (Lipinski definition) is 5. The molecule has 1 atom stereocenters. The minimum atomic E-state index is -0.663. The molecule has 0 aliphatic rings. The molecule has 0 aliphatic heterocycles. The molecule has 0 aliphatic carbocycles. The van der Waals surface area contributed by atoms with E-state index in [-0.39, 0.29) is 11.9 Å². The molecule has 3 N–H and O–H groups in total. The smallest absolute Gasteiger partial charge is 0.264 e. The molecule has 0 bridgehead atoms. The molecule has 7 nitrogen and oxygen atoms in total. The minimum Gasteiger partial charge on any atom is -0.336 e. The number of carbonyl (C=O) groups is 1. The molecule has 0 spiro atoms. The highest BCUT2D eigenvalue weighted by Crippen LogP contribution is 2.20. The first kappa shape index (κ1) is 15.0. The van der Waals surface area contributed by atoms with E-state index in [4.69, 9.17) is 11.6 Å².